The second kappa shape index (κ2) is 13.4. The van der Waals surface area contributed by atoms with Crippen molar-refractivity contribution in [3.63, 3.8) is 0 Å². The lowest BCUT2D eigenvalue weighted by Gasteiger charge is -2.33. The standard InChI is InChI=1S/C30H33F4N3O4S/c1-5-27(29(39)35-20(2)3)36(18-22-11-13-24(31)14-12-22)28(38)19-37(25-8-6-7-23(17-25)30(32,33)34)42(40,41)26-15-9-21(4)10-16-26/h6-17,20,27H,5,18-19H2,1-4H3,(H,35,39)/t27-/m1/s1. The maximum Gasteiger partial charge on any atom is 0.416 e. The van der Waals surface area contributed by atoms with E-state index in [2.05, 4.69) is 5.32 Å². The number of aryl methyl sites for hydroxylation is 1. The normalized spacial score (nSPS) is 12.6. The molecule has 42 heavy (non-hydrogen) atoms. The summed E-state index contributed by atoms with van der Waals surface area (Å²) in [4.78, 5) is 28.0. The van der Waals surface area contributed by atoms with Crippen LogP contribution in [-0.2, 0) is 32.3 Å². The molecule has 0 spiro atoms. The first-order valence-electron chi connectivity index (χ1n) is 13.2. The number of nitrogens with one attached hydrogen (secondary N) is 1. The van der Waals surface area contributed by atoms with Gasteiger partial charge >= 0.3 is 6.18 Å². The SMILES string of the molecule is CC[C@H](C(=O)NC(C)C)N(Cc1ccc(F)cc1)C(=O)CN(c1cccc(C(F)(F)F)c1)S(=O)(=O)c1ccc(C)cc1. The molecule has 0 heterocycles. The van der Waals surface area contributed by atoms with Gasteiger partial charge in [0.05, 0.1) is 16.1 Å². The zero-order valence-corrected chi connectivity index (χ0v) is 24.5. The van der Waals surface area contributed by atoms with Gasteiger partial charge in [-0.3, -0.25) is 13.9 Å². The van der Waals surface area contributed by atoms with Crippen molar-refractivity contribution >= 4 is 27.5 Å². The molecule has 3 aromatic rings. The van der Waals surface area contributed by atoms with Gasteiger partial charge in [-0.2, -0.15) is 13.2 Å². The van der Waals surface area contributed by atoms with E-state index in [4.69, 9.17) is 0 Å². The molecule has 0 bridgehead atoms. The maximum absolute atomic E-state index is 13.9. The van der Waals surface area contributed by atoms with E-state index in [1.807, 2.05) is 0 Å². The van der Waals surface area contributed by atoms with Crippen LogP contribution in [0.5, 0.6) is 0 Å². The molecular weight excluding hydrogens is 574 g/mol. The number of alkyl halides is 3. The Balaban J connectivity index is 2.12. The van der Waals surface area contributed by atoms with Crippen molar-refractivity contribution in [2.45, 2.75) is 63.8 Å². The summed E-state index contributed by atoms with van der Waals surface area (Å²) in [5, 5.41) is 2.74. The third-order valence-electron chi connectivity index (χ3n) is 6.43. The first-order chi connectivity index (χ1) is 19.6. The number of amides is 2. The van der Waals surface area contributed by atoms with E-state index in [-0.39, 0.29) is 29.6 Å². The monoisotopic (exact) mass is 607 g/mol. The largest absolute Gasteiger partial charge is 0.416 e. The summed E-state index contributed by atoms with van der Waals surface area (Å²) in [5.41, 5.74) is -0.252. The molecule has 0 fully saturated rings. The molecule has 1 atom stereocenters. The molecular formula is C30H33F4N3O4S. The quantitative estimate of drug-likeness (QED) is 0.284. The van der Waals surface area contributed by atoms with Crippen LogP contribution in [0.15, 0.2) is 77.7 Å². The molecule has 2 amide bonds. The van der Waals surface area contributed by atoms with Gasteiger partial charge in [-0.25, -0.2) is 12.8 Å². The Morgan fingerprint density at radius 2 is 1.57 bits per heavy atom. The van der Waals surface area contributed by atoms with Crippen molar-refractivity contribution in [3.8, 4) is 0 Å². The van der Waals surface area contributed by atoms with Gasteiger partial charge in [0.1, 0.15) is 18.4 Å². The molecule has 7 nitrogen and oxygen atoms in total. The van der Waals surface area contributed by atoms with E-state index in [1.54, 1.807) is 27.7 Å². The van der Waals surface area contributed by atoms with Gasteiger partial charge in [-0.1, -0.05) is 42.8 Å². The minimum absolute atomic E-state index is 0.153. The predicted octanol–water partition coefficient (Wildman–Crippen LogP) is 5.68. The highest BCUT2D eigenvalue weighted by atomic mass is 32.2. The van der Waals surface area contributed by atoms with Gasteiger partial charge in [0.2, 0.25) is 11.8 Å². The molecule has 1 N–H and O–H groups in total. The van der Waals surface area contributed by atoms with E-state index < -0.39 is 52.0 Å². The van der Waals surface area contributed by atoms with Gasteiger partial charge in [0.15, 0.2) is 0 Å². The number of hydrogen-bond acceptors (Lipinski definition) is 4. The first kappa shape index (κ1) is 32.6. The Bertz CT molecular complexity index is 1490. The third kappa shape index (κ3) is 8.09. The Morgan fingerprint density at radius 3 is 2.12 bits per heavy atom. The van der Waals surface area contributed by atoms with Gasteiger partial charge in [-0.05, 0) is 75.2 Å². The number of hydrogen-bond donors (Lipinski definition) is 1. The highest BCUT2D eigenvalue weighted by Crippen LogP contribution is 2.33. The summed E-state index contributed by atoms with van der Waals surface area (Å²) in [7, 11) is -4.54. The lowest BCUT2D eigenvalue weighted by molar-refractivity contribution is -0.140. The van der Waals surface area contributed by atoms with Crippen LogP contribution in [0.2, 0.25) is 0 Å². The number of rotatable bonds is 11. The summed E-state index contributed by atoms with van der Waals surface area (Å²) in [6.45, 7) is 5.81. The Morgan fingerprint density at radius 1 is 0.952 bits per heavy atom. The van der Waals surface area contributed by atoms with Crippen molar-refractivity contribution in [3.05, 3.63) is 95.3 Å². The topological polar surface area (TPSA) is 86.8 Å². The molecule has 3 rings (SSSR count). The first-order valence-corrected chi connectivity index (χ1v) is 14.7. The van der Waals surface area contributed by atoms with Gasteiger partial charge in [-0.15, -0.1) is 0 Å². The molecule has 0 aliphatic heterocycles. The van der Waals surface area contributed by atoms with Crippen molar-refractivity contribution in [1.29, 1.82) is 0 Å². The van der Waals surface area contributed by atoms with Crippen LogP contribution in [0.3, 0.4) is 0 Å². The van der Waals surface area contributed by atoms with Gasteiger partial charge in [0, 0.05) is 12.6 Å². The highest BCUT2D eigenvalue weighted by Gasteiger charge is 2.36. The number of benzene rings is 3. The molecule has 0 aliphatic carbocycles. The molecule has 0 aliphatic rings. The number of anilines is 1. The number of sulfonamides is 1. The number of carbonyl (C=O) groups is 2. The molecule has 0 saturated carbocycles. The van der Waals surface area contributed by atoms with Gasteiger partial charge < -0.3 is 10.2 Å². The van der Waals surface area contributed by atoms with Crippen LogP contribution < -0.4 is 9.62 Å². The maximum atomic E-state index is 13.9. The van der Waals surface area contributed by atoms with Crippen LogP contribution >= 0.6 is 0 Å². The van der Waals surface area contributed by atoms with E-state index >= 15 is 0 Å². The van der Waals surface area contributed by atoms with E-state index in [1.165, 1.54) is 54.6 Å². The average molecular weight is 608 g/mol. The van der Waals surface area contributed by atoms with Crippen molar-refractivity contribution in [1.82, 2.24) is 10.2 Å². The number of nitrogens with zero attached hydrogens (tertiary/aromatic N) is 2. The predicted molar refractivity (Wildman–Crippen MR) is 151 cm³/mol. The van der Waals surface area contributed by atoms with E-state index in [0.29, 0.717) is 15.9 Å². The second-order valence-electron chi connectivity index (χ2n) is 10.1. The van der Waals surface area contributed by atoms with Crippen LogP contribution in [-0.4, -0.2) is 43.8 Å². The third-order valence-corrected chi connectivity index (χ3v) is 8.22. The van der Waals surface area contributed by atoms with Crippen molar-refractivity contribution in [2.24, 2.45) is 0 Å². The lowest BCUT2D eigenvalue weighted by atomic mass is 10.1. The van der Waals surface area contributed by atoms with Crippen molar-refractivity contribution in [2.75, 3.05) is 10.8 Å². The molecule has 226 valence electrons. The van der Waals surface area contributed by atoms with Crippen LogP contribution in [0.4, 0.5) is 23.2 Å². The van der Waals surface area contributed by atoms with Crippen LogP contribution in [0.1, 0.15) is 43.9 Å². The second-order valence-corrected chi connectivity index (χ2v) is 12.0. The number of carbonyl (C=O) groups excluding carboxylic acids is 2. The Hall–Kier alpha value is -3.93. The molecule has 0 unspecified atom stereocenters. The lowest BCUT2D eigenvalue weighted by Crippen LogP contribution is -2.53. The summed E-state index contributed by atoms with van der Waals surface area (Å²) in [6.07, 6.45) is -4.62. The molecule has 12 heteroatoms. The fraction of sp³-hybridized carbons (Fsp3) is 0.333. The van der Waals surface area contributed by atoms with Gasteiger partial charge in [0.25, 0.3) is 10.0 Å². The van der Waals surface area contributed by atoms with E-state index in [0.717, 1.165) is 22.6 Å². The van der Waals surface area contributed by atoms with E-state index in [9.17, 15) is 35.6 Å². The Kier molecular flexibility index (Phi) is 10.4. The molecule has 0 radical (unpaired) electrons. The highest BCUT2D eigenvalue weighted by molar-refractivity contribution is 7.92. The summed E-state index contributed by atoms with van der Waals surface area (Å²) in [5.74, 6) is -1.84. The minimum Gasteiger partial charge on any atom is -0.352 e. The summed E-state index contributed by atoms with van der Waals surface area (Å²) in [6, 6.07) is 13.3. The van der Waals surface area contributed by atoms with Crippen LogP contribution in [0.25, 0.3) is 0 Å². The summed E-state index contributed by atoms with van der Waals surface area (Å²) < 4.78 is 82.6. The zero-order chi connectivity index (χ0) is 31.2. The molecule has 0 saturated heterocycles. The average Bonchev–Trinajstić information content (AvgIpc) is 2.92. The molecule has 0 aromatic heterocycles. The number of halogens is 4. The minimum atomic E-state index is -4.77. The fourth-order valence-electron chi connectivity index (χ4n) is 4.29. The Labute approximate surface area is 243 Å². The molecule has 3 aromatic carbocycles. The fourth-order valence-corrected chi connectivity index (χ4v) is 5.70. The van der Waals surface area contributed by atoms with Crippen LogP contribution in [0, 0.1) is 12.7 Å². The van der Waals surface area contributed by atoms with Crippen molar-refractivity contribution < 1.29 is 35.6 Å². The smallest absolute Gasteiger partial charge is 0.352 e. The summed E-state index contributed by atoms with van der Waals surface area (Å²) >= 11 is 0. The zero-order valence-electron chi connectivity index (χ0n) is 23.7.